The molecule has 0 unspecified atom stereocenters. The third-order valence-electron chi connectivity index (χ3n) is 3.34. The summed E-state index contributed by atoms with van der Waals surface area (Å²) in [5.74, 6) is -0.100. The van der Waals surface area contributed by atoms with Crippen LogP contribution in [-0.2, 0) is 6.54 Å². The molecule has 0 bridgehead atoms. The fourth-order valence-corrected chi connectivity index (χ4v) is 3.46. The molecule has 0 saturated heterocycles. The SMILES string of the molecule is CSc1ccccc1C(=O)NCc1nccnc1-c1ccsc1. The molecule has 0 radical (unpaired) electrons. The van der Waals surface area contributed by atoms with E-state index in [1.165, 1.54) is 0 Å². The molecule has 116 valence electrons. The summed E-state index contributed by atoms with van der Waals surface area (Å²) in [6, 6.07) is 9.58. The number of benzene rings is 1. The van der Waals surface area contributed by atoms with E-state index in [-0.39, 0.29) is 5.91 Å². The Morgan fingerprint density at radius 1 is 1.22 bits per heavy atom. The van der Waals surface area contributed by atoms with E-state index < -0.39 is 0 Å². The first-order valence-corrected chi connectivity index (χ1v) is 9.20. The first kappa shape index (κ1) is 15.7. The molecule has 3 rings (SSSR count). The third-order valence-corrected chi connectivity index (χ3v) is 4.82. The van der Waals surface area contributed by atoms with Gasteiger partial charge in [-0.3, -0.25) is 14.8 Å². The van der Waals surface area contributed by atoms with Crippen LogP contribution in [0.1, 0.15) is 16.1 Å². The first-order valence-electron chi connectivity index (χ1n) is 7.03. The third kappa shape index (κ3) is 3.60. The lowest BCUT2D eigenvalue weighted by Crippen LogP contribution is -2.24. The lowest BCUT2D eigenvalue weighted by atomic mass is 10.1. The van der Waals surface area contributed by atoms with Crippen LogP contribution in [0.2, 0.25) is 0 Å². The van der Waals surface area contributed by atoms with Gasteiger partial charge in [-0.05, 0) is 29.8 Å². The zero-order chi connectivity index (χ0) is 16.1. The number of nitrogens with zero attached hydrogens (tertiary/aromatic N) is 2. The Labute approximate surface area is 143 Å². The summed E-state index contributed by atoms with van der Waals surface area (Å²) in [6.45, 7) is 0.348. The number of thiophene rings is 1. The minimum absolute atomic E-state index is 0.100. The lowest BCUT2D eigenvalue weighted by Gasteiger charge is -2.10. The van der Waals surface area contributed by atoms with Crippen molar-refractivity contribution in [3.05, 3.63) is 64.7 Å². The van der Waals surface area contributed by atoms with Gasteiger partial charge in [0, 0.05) is 28.2 Å². The molecule has 0 aliphatic heterocycles. The standard InChI is InChI=1S/C17H15N3OS2/c1-22-15-5-3-2-4-13(15)17(21)20-10-14-16(19-8-7-18-14)12-6-9-23-11-12/h2-9,11H,10H2,1H3,(H,20,21). The molecule has 4 nitrogen and oxygen atoms in total. The maximum atomic E-state index is 12.4. The van der Waals surface area contributed by atoms with Gasteiger partial charge in [-0.25, -0.2) is 0 Å². The molecule has 23 heavy (non-hydrogen) atoms. The van der Waals surface area contributed by atoms with E-state index in [2.05, 4.69) is 15.3 Å². The largest absolute Gasteiger partial charge is 0.346 e. The summed E-state index contributed by atoms with van der Waals surface area (Å²) in [5, 5.41) is 6.97. The van der Waals surface area contributed by atoms with Gasteiger partial charge in [0.2, 0.25) is 0 Å². The van der Waals surface area contributed by atoms with Gasteiger partial charge in [-0.15, -0.1) is 11.8 Å². The van der Waals surface area contributed by atoms with Crippen LogP contribution in [0.25, 0.3) is 11.3 Å². The second-order valence-corrected chi connectivity index (χ2v) is 6.37. The highest BCUT2D eigenvalue weighted by atomic mass is 32.2. The van der Waals surface area contributed by atoms with Crippen molar-refractivity contribution in [3.63, 3.8) is 0 Å². The zero-order valence-corrected chi connectivity index (χ0v) is 14.2. The highest BCUT2D eigenvalue weighted by molar-refractivity contribution is 7.98. The second-order valence-electron chi connectivity index (χ2n) is 4.75. The van der Waals surface area contributed by atoms with Crippen LogP contribution in [-0.4, -0.2) is 22.1 Å². The van der Waals surface area contributed by atoms with Crippen molar-refractivity contribution < 1.29 is 4.79 Å². The number of amides is 1. The Bertz CT molecular complexity index is 803. The monoisotopic (exact) mass is 341 g/mol. The lowest BCUT2D eigenvalue weighted by molar-refractivity contribution is 0.0947. The Morgan fingerprint density at radius 3 is 2.83 bits per heavy atom. The first-order chi connectivity index (χ1) is 11.3. The fourth-order valence-electron chi connectivity index (χ4n) is 2.23. The minimum Gasteiger partial charge on any atom is -0.346 e. The second kappa shape index (κ2) is 7.39. The van der Waals surface area contributed by atoms with Gasteiger partial charge in [-0.1, -0.05) is 12.1 Å². The van der Waals surface area contributed by atoms with Crippen molar-refractivity contribution in [3.8, 4) is 11.3 Å². The molecule has 2 heterocycles. The maximum absolute atomic E-state index is 12.4. The van der Waals surface area contributed by atoms with Crippen LogP contribution in [0.15, 0.2) is 58.4 Å². The summed E-state index contributed by atoms with van der Waals surface area (Å²) >= 11 is 3.17. The number of aromatic nitrogens is 2. The van der Waals surface area contributed by atoms with Gasteiger partial charge in [0.1, 0.15) is 0 Å². The molecule has 0 fully saturated rings. The molecule has 2 aromatic heterocycles. The minimum atomic E-state index is -0.100. The Kier molecular flexibility index (Phi) is 5.05. The van der Waals surface area contributed by atoms with Gasteiger partial charge < -0.3 is 5.32 Å². The number of hydrogen-bond donors (Lipinski definition) is 1. The van der Waals surface area contributed by atoms with Crippen molar-refractivity contribution in [1.82, 2.24) is 15.3 Å². The van der Waals surface area contributed by atoms with Gasteiger partial charge in [0.15, 0.2) is 0 Å². The number of nitrogens with one attached hydrogen (secondary N) is 1. The predicted octanol–water partition coefficient (Wildman–Crippen LogP) is 3.86. The summed E-state index contributed by atoms with van der Waals surface area (Å²) in [6.07, 6.45) is 5.28. The zero-order valence-electron chi connectivity index (χ0n) is 12.5. The fraction of sp³-hybridized carbons (Fsp3) is 0.118. The van der Waals surface area contributed by atoms with Gasteiger partial charge in [-0.2, -0.15) is 11.3 Å². The molecule has 1 amide bonds. The molecular formula is C17H15N3OS2. The molecule has 0 aliphatic carbocycles. The van der Waals surface area contributed by atoms with E-state index in [0.717, 1.165) is 21.8 Å². The molecule has 3 aromatic rings. The quantitative estimate of drug-likeness (QED) is 0.716. The number of thioether (sulfide) groups is 1. The Morgan fingerprint density at radius 2 is 2.04 bits per heavy atom. The van der Waals surface area contributed by atoms with Crippen LogP contribution in [0, 0.1) is 0 Å². The molecule has 1 aromatic carbocycles. The van der Waals surface area contributed by atoms with Gasteiger partial charge in [0.25, 0.3) is 5.91 Å². The van der Waals surface area contributed by atoms with Crippen molar-refractivity contribution in [2.24, 2.45) is 0 Å². The highest BCUT2D eigenvalue weighted by Gasteiger charge is 2.13. The van der Waals surface area contributed by atoms with Crippen molar-refractivity contribution in [2.75, 3.05) is 6.26 Å². The van der Waals surface area contributed by atoms with Crippen molar-refractivity contribution in [1.29, 1.82) is 0 Å². The van der Waals surface area contributed by atoms with Crippen LogP contribution in [0.4, 0.5) is 0 Å². The van der Waals surface area contributed by atoms with E-state index in [9.17, 15) is 4.79 Å². The summed E-state index contributed by atoms with van der Waals surface area (Å²) in [7, 11) is 0. The van der Waals surface area contributed by atoms with Crippen LogP contribution >= 0.6 is 23.1 Å². The summed E-state index contributed by atoms with van der Waals surface area (Å²) in [4.78, 5) is 22.1. The van der Waals surface area contributed by atoms with E-state index >= 15 is 0 Å². The van der Waals surface area contributed by atoms with Crippen LogP contribution < -0.4 is 5.32 Å². The van der Waals surface area contributed by atoms with Crippen molar-refractivity contribution >= 4 is 29.0 Å². The summed E-state index contributed by atoms with van der Waals surface area (Å²) < 4.78 is 0. The Hall–Kier alpha value is -2.18. The average molecular weight is 341 g/mol. The smallest absolute Gasteiger partial charge is 0.252 e. The number of rotatable bonds is 5. The van der Waals surface area contributed by atoms with E-state index in [1.807, 2.05) is 47.3 Å². The molecule has 1 N–H and O–H groups in total. The number of carbonyl (C=O) groups excluding carboxylic acids is 1. The van der Waals surface area contributed by atoms with E-state index in [1.54, 1.807) is 35.5 Å². The molecule has 0 saturated carbocycles. The molecule has 0 atom stereocenters. The topological polar surface area (TPSA) is 54.9 Å². The predicted molar refractivity (Wildman–Crippen MR) is 94.7 cm³/mol. The molecule has 6 heteroatoms. The molecular weight excluding hydrogens is 326 g/mol. The number of carbonyl (C=O) groups is 1. The van der Waals surface area contributed by atoms with Crippen molar-refractivity contribution in [2.45, 2.75) is 11.4 Å². The average Bonchev–Trinajstić information content (AvgIpc) is 3.14. The van der Waals surface area contributed by atoms with Gasteiger partial charge >= 0.3 is 0 Å². The highest BCUT2D eigenvalue weighted by Crippen LogP contribution is 2.23. The molecule has 0 aliphatic rings. The van der Waals surface area contributed by atoms with Crippen LogP contribution in [0.5, 0.6) is 0 Å². The molecule has 0 spiro atoms. The summed E-state index contributed by atoms with van der Waals surface area (Å²) in [5.41, 5.74) is 3.28. The normalized spacial score (nSPS) is 10.5. The number of hydrogen-bond acceptors (Lipinski definition) is 5. The van der Waals surface area contributed by atoms with E-state index in [0.29, 0.717) is 12.1 Å². The Balaban J connectivity index is 1.78. The maximum Gasteiger partial charge on any atom is 0.252 e. The van der Waals surface area contributed by atoms with E-state index in [4.69, 9.17) is 0 Å². The van der Waals surface area contributed by atoms with Gasteiger partial charge in [0.05, 0.1) is 23.5 Å². The van der Waals surface area contributed by atoms with Crippen LogP contribution in [0.3, 0.4) is 0 Å².